The molecule has 0 amide bonds. The molecule has 0 radical (unpaired) electrons. The highest BCUT2D eigenvalue weighted by Gasteiger charge is 2.59. The molecular weight excluding hydrogens is 411 g/mol. The van der Waals surface area contributed by atoms with E-state index in [0.29, 0.717) is 12.1 Å². The van der Waals surface area contributed by atoms with Crippen molar-refractivity contribution in [3.05, 3.63) is 53.7 Å². The summed E-state index contributed by atoms with van der Waals surface area (Å²) in [6.07, 6.45) is -8.38. The van der Waals surface area contributed by atoms with Crippen molar-refractivity contribution in [2.24, 2.45) is 0 Å². The topological polar surface area (TPSA) is 51.6 Å². The summed E-state index contributed by atoms with van der Waals surface area (Å²) in [5.41, 5.74) is -4.29. The summed E-state index contributed by atoms with van der Waals surface area (Å²) in [6, 6.07) is 5.88. The number of rotatable bonds is 5. The molecule has 1 N–H and O–H groups in total. The lowest BCUT2D eigenvalue weighted by Crippen LogP contribution is -2.58. The lowest BCUT2D eigenvalue weighted by atomic mass is 9.86. The lowest BCUT2D eigenvalue weighted by molar-refractivity contribution is -0.289. The molecule has 0 bridgehead atoms. The maximum atomic E-state index is 13.8. The second-order valence-electron chi connectivity index (χ2n) is 6.41. The lowest BCUT2D eigenvalue weighted by Gasteiger charge is -2.42. The van der Waals surface area contributed by atoms with Crippen LogP contribution in [0.25, 0.3) is 0 Å². The molecule has 2 atom stereocenters. The Balaban J connectivity index is 2.12. The van der Waals surface area contributed by atoms with Gasteiger partial charge in [0.05, 0.1) is 0 Å². The van der Waals surface area contributed by atoms with Crippen LogP contribution >= 0.6 is 0 Å². The summed E-state index contributed by atoms with van der Waals surface area (Å²) >= 11 is 0. The van der Waals surface area contributed by atoms with E-state index in [2.05, 4.69) is 4.98 Å². The predicted octanol–water partition coefficient (Wildman–Crippen LogP) is 4.29. The fraction of sp³-hybridized carbons (Fsp3) is 0.389. The van der Waals surface area contributed by atoms with Crippen LogP contribution in [0.5, 0.6) is 11.6 Å². The molecule has 29 heavy (non-hydrogen) atoms. The van der Waals surface area contributed by atoms with E-state index in [0.717, 1.165) is 6.07 Å². The van der Waals surface area contributed by atoms with E-state index in [1.54, 1.807) is 0 Å². The van der Waals surface area contributed by atoms with Gasteiger partial charge >= 0.3 is 12.1 Å². The predicted molar refractivity (Wildman–Crippen MR) is 85.3 cm³/mol. The largest absolute Gasteiger partial charge is 0.478 e. The van der Waals surface area contributed by atoms with Crippen molar-refractivity contribution in [1.29, 1.82) is 0 Å². The number of ether oxygens (including phenoxy) is 2. The number of alkyl halides is 7. The highest BCUT2D eigenvalue weighted by molar-refractivity contribution is 5.44. The van der Waals surface area contributed by atoms with Crippen LogP contribution in [0.1, 0.15) is 17.2 Å². The van der Waals surface area contributed by atoms with E-state index in [-0.39, 0.29) is 5.88 Å². The molecular formula is C18H14F7NO3. The third kappa shape index (κ3) is 3.59. The minimum Gasteiger partial charge on any atom is -0.478 e. The molecule has 11 heteroatoms. The minimum atomic E-state index is -5.88. The summed E-state index contributed by atoms with van der Waals surface area (Å²) in [4.78, 5) is 3.80. The van der Waals surface area contributed by atoms with E-state index < -0.39 is 60.1 Å². The Morgan fingerprint density at radius 3 is 2.31 bits per heavy atom. The number of aliphatic hydroxyl groups is 1. The number of aromatic nitrogens is 1. The third-order valence-electron chi connectivity index (χ3n) is 4.51. The van der Waals surface area contributed by atoms with Gasteiger partial charge in [-0.1, -0.05) is 6.07 Å². The molecule has 0 spiro atoms. The average molecular weight is 425 g/mol. The van der Waals surface area contributed by atoms with E-state index in [1.165, 1.54) is 24.4 Å². The first kappa shape index (κ1) is 21.2. The van der Waals surface area contributed by atoms with Gasteiger partial charge in [0.15, 0.2) is 11.7 Å². The first-order valence-electron chi connectivity index (χ1n) is 8.21. The van der Waals surface area contributed by atoms with Gasteiger partial charge in [-0.2, -0.15) is 22.0 Å². The number of hydrogen-bond donors (Lipinski definition) is 1. The van der Waals surface area contributed by atoms with E-state index in [4.69, 9.17) is 9.47 Å². The second kappa shape index (κ2) is 7.36. The summed E-state index contributed by atoms with van der Waals surface area (Å²) < 4.78 is 103. The Hall–Kier alpha value is -2.56. The summed E-state index contributed by atoms with van der Waals surface area (Å²) in [6.45, 7) is -3.01. The molecule has 2 aromatic rings. The smallest absolute Gasteiger partial charge is 0.458 e. The van der Waals surface area contributed by atoms with Crippen LogP contribution in [-0.4, -0.2) is 41.3 Å². The maximum Gasteiger partial charge on any atom is 0.458 e. The Labute approximate surface area is 159 Å². The first-order chi connectivity index (χ1) is 13.6. The number of pyridine rings is 1. The highest BCUT2D eigenvalue weighted by Crippen LogP contribution is 2.48. The van der Waals surface area contributed by atoms with Crippen molar-refractivity contribution >= 4 is 0 Å². The number of aliphatic hydroxyl groups excluding tert-OH is 1. The monoisotopic (exact) mass is 425 g/mol. The van der Waals surface area contributed by atoms with Gasteiger partial charge in [0, 0.05) is 23.4 Å². The van der Waals surface area contributed by atoms with Crippen molar-refractivity contribution in [1.82, 2.24) is 4.98 Å². The van der Waals surface area contributed by atoms with Gasteiger partial charge in [-0.15, -0.1) is 0 Å². The average Bonchev–Trinajstić information content (AvgIpc) is 2.69. The number of benzene rings is 1. The van der Waals surface area contributed by atoms with Gasteiger partial charge in [-0.3, -0.25) is 0 Å². The quantitative estimate of drug-likeness (QED) is 0.727. The first-order valence-corrected chi connectivity index (χ1v) is 8.21. The molecule has 1 aliphatic rings. The Morgan fingerprint density at radius 1 is 1.07 bits per heavy atom. The molecule has 0 saturated carbocycles. The summed E-state index contributed by atoms with van der Waals surface area (Å²) in [5, 5.41) is 10.5. The fourth-order valence-electron chi connectivity index (χ4n) is 2.87. The SMILES string of the molecule is O[C@H]1[C@H](Oc2ccccn2)c2cc(C(F)(F)C(F)(F)F)ccc2OC1(CF)CF. The molecule has 1 aromatic carbocycles. The van der Waals surface area contributed by atoms with Gasteiger partial charge in [0.25, 0.3) is 0 Å². The van der Waals surface area contributed by atoms with Gasteiger partial charge in [0.1, 0.15) is 25.2 Å². The summed E-state index contributed by atoms with van der Waals surface area (Å²) in [7, 11) is 0. The molecule has 0 saturated heterocycles. The van der Waals surface area contributed by atoms with Crippen molar-refractivity contribution in [2.45, 2.75) is 29.9 Å². The fourth-order valence-corrected chi connectivity index (χ4v) is 2.87. The molecule has 1 aromatic heterocycles. The molecule has 1 aliphatic heterocycles. The highest BCUT2D eigenvalue weighted by atomic mass is 19.4. The Morgan fingerprint density at radius 2 is 1.76 bits per heavy atom. The van der Waals surface area contributed by atoms with Gasteiger partial charge in [-0.25, -0.2) is 13.8 Å². The van der Waals surface area contributed by atoms with E-state index in [1.807, 2.05) is 0 Å². The van der Waals surface area contributed by atoms with Crippen LogP contribution in [0, 0.1) is 0 Å². The zero-order valence-corrected chi connectivity index (χ0v) is 14.5. The maximum absolute atomic E-state index is 13.8. The van der Waals surface area contributed by atoms with E-state index >= 15 is 0 Å². The normalized spacial score (nSPS) is 21.2. The standard InChI is InChI=1S/C18H14F7NO3/c19-8-16(9-20)15(27)14(28-13-3-1-2-6-26-13)11-7-10(4-5-12(11)29-16)17(21,22)18(23,24)25/h1-7,14-15,27H,8-9H2/t14-,15+/m1/s1. The van der Waals surface area contributed by atoms with Crippen LogP contribution in [-0.2, 0) is 5.92 Å². The number of nitrogens with zero attached hydrogens (tertiary/aromatic N) is 1. The Bertz CT molecular complexity index is 856. The number of fused-ring (bicyclic) bond motifs is 1. The van der Waals surface area contributed by atoms with Crippen LogP contribution in [0.2, 0.25) is 0 Å². The van der Waals surface area contributed by atoms with Crippen LogP contribution < -0.4 is 9.47 Å². The minimum absolute atomic E-state index is 0.149. The number of halogens is 7. The molecule has 0 fully saturated rings. The van der Waals surface area contributed by atoms with Crippen LogP contribution in [0.4, 0.5) is 30.7 Å². The molecule has 4 nitrogen and oxygen atoms in total. The molecule has 158 valence electrons. The van der Waals surface area contributed by atoms with Crippen molar-refractivity contribution < 1.29 is 45.3 Å². The van der Waals surface area contributed by atoms with Crippen molar-refractivity contribution in [3.63, 3.8) is 0 Å². The summed E-state index contributed by atoms with van der Waals surface area (Å²) in [5.74, 6) is -5.76. The van der Waals surface area contributed by atoms with E-state index in [9.17, 15) is 35.8 Å². The van der Waals surface area contributed by atoms with Crippen molar-refractivity contribution in [2.75, 3.05) is 13.3 Å². The number of hydrogen-bond acceptors (Lipinski definition) is 4. The zero-order chi connectivity index (χ0) is 21.4. The molecule has 0 aliphatic carbocycles. The van der Waals surface area contributed by atoms with Gasteiger partial charge in [-0.05, 0) is 24.3 Å². The Kier molecular flexibility index (Phi) is 5.37. The second-order valence-corrected chi connectivity index (χ2v) is 6.41. The van der Waals surface area contributed by atoms with Crippen LogP contribution in [0.15, 0.2) is 42.6 Å². The van der Waals surface area contributed by atoms with Crippen molar-refractivity contribution in [3.8, 4) is 11.6 Å². The molecule has 2 heterocycles. The van der Waals surface area contributed by atoms with Crippen LogP contribution in [0.3, 0.4) is 0 Å². The molecule has 0 unspecified atom stereocenters. The van der Waals surface area contributed by atoms with Gasteiger partial charge in [0.2, 0.25) is 5.88 Å². The third-order valence-corrected chi connectivity index (χ3v) is 4.51. The van der Waals surface area contributed by atoms with Gasteiger partial charge < -0.3 is 14.6 Å². The zero-order valence-electron chi connectivity index (χ0n) is 14.5. The molecule has 3 rings (SSSR count).